The summed E-state index contributed by atoms with van der Waals surface area (Å²) in [5.41, 5.74) is -0.323. The Hall–Kier alpha value is -0.980. The van der Waals surface area contributed by atoms with Crippen LogP contribution in [-0.4, -0.2) is 12.1 Å². The first-order chi connectivity index (χ1) is 9.25. The fourth-order valence-corrected chi connectivity index (χ4v) is 2.51. The van der Waals surface area contributed by atoms with Crippen LogP contribution >= 0.6 is 23.2 Å². The minimum absolute atomic E-state index is 0.101. The molecule has 0 spiro atoms. The number of carbonyl (C=O) groups is 1. The molecule has 0 saturated heterocycles. The van der Waals surface area contributed by atoms with Crippen molar-refractivity contribution in [3.63, 3.8) is 0 Å². The molecular weight excluding hydrogens is 302 g/mol. The Morgan fingerprint density at radius 3 is 2.60 bits per heavy atom. The molecule has 0 N–H and O–H groups in total. The van der Waals surface area contributed by atoms with Gasteiger partial charge in [0.25, 0.3) is 0 Å². The van der Waals surface area contributed by atoms with Gasteiger partial charge in [0.15, 0.2) is 0 Å². The van der Waals surface area contributed by atoms with E-state index in [4.69, 9.17) is 34.4 Å². The zero-order valence-electron chi connectivity index (χ0n) is 11.6. The van der Waals surface area contributed by atoms with E-state index in [0.717, 1.165) is 0 Å². The second-order valence-corrected chi connectivity index (χ2v) is 6.27. The summed E-state index contributed by atoms with van der Waals surface area (Å²) in [7, 11) is 0. The average Bonchev–Trinajstić information content (AvgIpc) is 2.86. The molecule has 0 aromatic carbocycles. The van der Waals surface area contributed by atoms with Crippen molar-refractivity contribution in [3.05, 3.63) is 22.5 Å². The predicted octanol–water partition coefficient (Wildman–Crippen LogP) is 4.39. The highest BCUT2D eigenvalue weighted by molar-refractivity contribution is 6.55. The quantitative estimate of drug-likeness (QED) is 0.555. The van der Waals surface area contributed by atoms with E-state index in [1.807, 2.05) is 13.8 Å². The van der Waals surface area contributed by atoms with Gasteiger partial charge in [-0.2, -0.15) is 0 Å². The summed E-state index contributed by atoms with van der Waals surface area (Å²) in [5, 5.41) is 0. The highest BCUT2D eigenvalue weighted by Gasteiger charge is 2.62. The lowest BCUT2D eigenvalue weighted by atomic mass is 10.1. The molecule has 3 unspecified atom stereocenters. The third-order valence-electron chi connectivity index (χ3n) is 3.51. The topological polar surface area (TPSA) is 26.3 Å². The van der Waals surface area contributed by atoms with Crippen LogP contribution in [0.25, 0.3) is 0 Å². The maximum atomic E-state index is 13.6. The van der Waals surface area contributed by atoms with Gasteiger partial charge in [0.05, 0.1) is 5.92 Å². The van der Waals surface area contributed by atoms with Gasteiger partial charge in [0, 0.05) is 0 Å². The van der Waals surface area contributed by atoms with Crippen LogP contribution < -0.4 is 0 Å². The van der Waals surface area contributed by atoms with Crippen molar-refractivity contribution >= 4 is 29.2 Å². The summed E-state index contributed by atoms with van der Waals surface area (Å²) >= 11 is 11.2. The molecule has 2 nitrogen and oxygen atoms in total. The lowest BCUT2D eigenvalue weighted by Gasteiger charge is -2.11. The van der Waals surface area contributed by atoms with Crippen molar-refractivity contribution in [2.24, 2.45) is 17.3 Å². The van der Waals surface area contributed by atoms with E-state index >= 15 is 0 Å². The van der Waals surface area contributed by atoms with Gasteiger partial charge in [-0.3, -0.25) is 4.79 Å². The summed E-state index contributed by atoms with van der Waals surface area (Å²) < 4.78 is 18.8. The fraction of sp³-hybridized carbons (Fsp3) is 0.533. The molecule has 0 bridgehead atoms. The lowest BCUT2D eigenvalue weighted by molar-refractivity contribution is -0.148. The van der Waals surface area contributed by atoms with Crippen LogP contribution in [0.4, 0.5) is 4.39 Å². The molecule has 3 atom stereocenters. The van der Waals surface area contributed by atoms with Crippen LogP contribution in [0.1, 0.15) is 27.2 Å². The maximum absolute atomic E-state index is 13.6. The molecule has 1 aliphatic carbocycles. The van der Waals surface area contributed by atoms with Crippen molar-refractivity contribution in [2.45, 2.75) is 33.3 Å². The van der Waals surface area contributed by atoms with Gasteiger partial charge in [-0.1, -0.05) is 49.9 Å². The van der Waals surface area contributed by atoms with Crippen LogP contribution in [0.2, 0.25) is 0 Å². The van der Waals surface area contributed by atoms with Gasteiger partial charge in [0.1, 0.15) is 10.3 Å². The molecule has 1 rings (SSSR count). The van der Waals surface area contributed by atoms with Crippen molar-refractivity contribution in [1.82, 2.24) is 0 Å². The Morgan fingerprint density at radius 1 is 1.55 bits per heavy atom. The number of rotatable bonds is 5. The van der Waals surface area contributed by atoms with Gasteiger partial charge in [-0.25, -0.2) is 4.39 Å². The standard InChI is InChI=1S/C15H17Cl2FO2/c1-5-7-10(18)11(6-2)20-14(19)13-9(8-12(16)17)15(13,3)4/h2,7-9,11,13H,5H2,1,3-4H3/b10-7-. The number of allylic oxidation sites excluding steroid dienone is 2. The molecular formula is C15H17Cl2FO2. The van der Waals surface area contributed by atoms with Gasteiger partial charge in [-0.15, -0.1) is 6.42 Å². The Kier molecular flexibility index (Phi) is 5.68. The first-order valence-corrected chi connectivity index (χ1v) is 7.06. The van der Waals surface area contributed by atoms with E-state index in [2.05, 4.69) is 5.92 Å². The number of hydrogen-bond donors (Lipinski definition) is 0. The van der Waals surface area contributed by atoms with E-state index in [1.54, 1.807) is 13.0 Å². The molecule has 0 amide bonds. The van der Waals surface area contributed by atoms with Gasteiger partial charge in [-0.05, 0) is 29.9 Å². The molecule has 0 aliphatic heterocycles. The smallest absolute Gasteiger partial charge is 0.311 e. The molecule has 5 heteroatoms. The van der Waals surface area contributed by atoms with Crippen LogP contribution in [0.15, 0.2) is 22.5 Å². The number of halogens is 3. The number of ether oxygens (including phenoxy) is 1. The molecule has 0 aromatic heterocycles. The van der Waals surface area contributed by atoms with Crippen molar-refractivity contribution in [1.29, 1.82) is 0 Å². The molecule has 0 heterocycles. The second-order valence-electron chi connectivity index (χ2n) is 5.26. The molecule has 1 fully saturated rings. The Morgan fingerprint density at radius 2 is 2.15 bits per heavy atom. The Labute approximate surface area is 129 Å². The van der Waals surface area contributed by atoms with Crippen LogP contribution in [0, 0.1) is 29.6 Å². The van der Waals surface area contributed by atoms with Gasteiger partial charge < -0.3 is 4.74 Å². The second kappa shape index (κ2) is 6.65. The van der Waals surface area contributed by atoms with Crippen molar-refractivity contribution < 1.29 is 13.9 Å². The van der Waals surface area contributed by atoms with Gasteiger partial charge >= 0.3 is 5.97 Å². The first kappa shape index (κ1) is 17.1. The monoisotopic (exact) mass is 318 g/mol. The largest absolute Gasteiger partial charge is 0.441 e. The van der Waals surface area contributed by atoms with E-state index in [9.17, 15) is 9.18 Å². The van der Waals surface area contributed by atoms with E-state index in [0.29, 0.717) is 6.42 Å². The lowest BCUT2D eigenvalue weighted by Crippen LogP contribution is -2.20. The minimum Gasteiger partial charge on any atom is -0.441 e. The Balaban J connectivity index is 2.76. The zero-order chi connectivity index (χ0) is 15.5. The normalized spacial score (nSPS) is 25.4. The summed E-state index contributed by atoms with van der Waals surface area (Å²) in [6, 6.07) is 0. The Bertz CT molecular complexity index is 485. The summed E-state index contributed by atoms with van der Waals surface area (Å²) in [4.78, 5) is 12.1. The highest BCUT2D eigenvalue weighted by atomic mass is 35.5. The van der Waals surface area contributed by atoms with Gasteiger partial charge in [0.2, 0.25) is 6.10 Å². The van der Waals surface area contributed by atoms with Crippen LogP contribution in [0.5, 0.6) is 0 Å². The molecule has 0 aromatic rings. The van der Waals surface area contributed by atoms with Crippen molar-refractivity contribution in [3.8, 4) is 12.3 Å². The molecule has 0 radical (unpaired) electrons. The summed E-state index contributed by atoms with van der Waals surface area (Å²) in [6.45, 7) is 5.54. The SMILES string of the molecule is C#CC(OC(=O)C1C(C=C(Cl)Cl)C1(C)C)/C(F)=C/CC. The molecule has 1 aliphatic rings. The summed E-state index contributed by atoms with van der Waals surface area (Å²) in [5.74, 6) is 0.430. The predicted molar refractivity (Wildman–Crippen MR) is 78.7 cm³/mol. The third kappa shape index (κ3) is 3.77. The molecule has 110 valence electrons. The van der Waals surface area contributed by atoms with E-state index in [-0.39, 0.29) is 15.8 Å². The zero-order valence-corrected chi connectivity index (χ0v) is 13.1. The summed E-state index contributed by atoms with van der Waals surface area (Å²) in [6.07, 6.45) is 7.29. The van der Waals surface area contributed by atoms with E-state index < -0.39 is 23.8 Å². The minimum atomic E-state index is -1.27. The number of esters is 1. The average molecular weight is 319 g/mol. The van der Waals surface area contributed by atoms with E-state index in [1.165, 1.54) is 6.08 Å². The third-order valence-corrected chi connectivity index (χ3v) is 3.76. The van der Waals surface area contributed by atoms with Crippen LogP contribution in [-0.2, 0) is 9.53 Å². The van der Waals surface area contributed by atoms with Crippen LogP contribution in [0.3, 0.4) is 0 Å². The fourth-order valence-electron chi connectivity index (χ4n) is 2.24. The molecule has 1 saturated carbocycles. The first-order valence-electron chi connectivity index (χ1n) is 6.30. The highest BCUT2D eigenvalue weighted by Crippen LogP contribution is 2.60. The number of carbonyl (C=O) groups excluding carboxylic acids is 1. The number of terminal acetylenes is 1. The molecule has 20 heavy (non-hydrogen) atoms. The van der Waals surface area contributed by atoms with Crippen molar-refractivity contribution in [2.75, 3.05) is 0 Å². The maximum Gasteiger partial charge on any atom is 0.311 e. The number of hydrogen-bond acceptors (Lipinski definition) is 2.